The van der Waals surface area contributed by atoms with Gasteiger partial charge in [-0.1, -0.05) is 5.16 Å². The van der Waals surface area contributed by atoms with Crippen molar-refractivity contribution < 1.29 is 22.5 Å². The number of urea groups is 1. The summed E-state index contributed by atoms with van der Waals surface area (Å²) in [5.41, 5.74) is 0.192. The number of ether oxygens (including phenoxy) is 1. The molecule has 27 heavy (non-hydrogen) atoms. The molecule has 0 radical (unpaired) electrons. The first-order chi connectivity index (χ1) is 12.8. The molecule has 0 aromatic carbocycles. The topological polar surface area (TPSA) is 105 Å². The number of carbonyl (C=O) groups excluding carboxylic acids is 1. The van der Waals surface area contributed by atoms with Gasteiger partial charge in [0.1, 0.15) is 10.6 Å². The maximum atomic E-state index is 13.0. The number of nitrogens with zero attached hydrogens (tertiary/aromatic N) is 3. The summed E-state index contributed by atoms with van der Waals surface area (Å²) < 4.78 is 38.0. The highest BCUT2D eigenvalue weighted by Crippen LogP contribution is 2.36. The second kappa shape index (κ2) is 6.75. The van der Waals surface area contributed by atoms with Gasteiger partial charge in [0, 0.05) is 38.9 Å². The molecular formula is C17H26N4O5S. The van der Waals surface area contributed by atoms with Gasteiger partial charge in [0.25, 0.3) is 0 Å². The normalized spacial score (nSPS) is 24.5. The number of sulfonamides is 1. The van der Waals surface area contributed by atoms with Crippen molar-refractivity contribution in [2.45, 2.75) is 56.0 Å². The summed E-state index contributed by atoms with van der Waals surface area (Å²) in [5.74, 6) is 0.315. The zero-order valence-electron chi connectivity index (χ0n) is 15.7. The maximum absolute atomic E-state index is 13.0. The third kappa shape index (κ3) is 3.03. The molecule has 1 aromatic heterocycles. The third-order valence-electron chi connectivity index (χ3n) is 6.08. The monoisotopic (exact) mass is 398 g/mol. The lowest BCUT2D eigenvalue weighted by Crippen LogP contribution is -2.57. The van der Waals surface area contributed by atoms with Crippen LogP contribution in [0.5, 0.6) is 0 Å². The van der Waals surface area contributed by atoms with E-state index < -0.39 is 10.0 Å². The summed E-state index contributed by atoms with van der Waals surface area (Å²) in [6.07, 6.45) is 2.89. The minimum absolute atomic E-state index is 0.0380. The Balaban J connectivity index is 1.49. The SMILES string of the molecule is Cc1noc(C)c1S(=O)(=O)N1CCC(N2C(=O)NCC23CCOCC3)CC1. The Morgan fingerprint density at radius 3 is 2.44 bits per heavy atom. The van der Waals surface area contributed by atoms with Gasteiger partial charge in [-0.15, -0.1) is 0 Å². The number of carbonyl (C=O) groups is 1. The van der Waals surface area contributed by atoms with Crippen molar-refractivity contribution in [3.63, 3.8) is 0 Å². The van der Waals surface area contributed by atoms with E-state index in [2.05, 4.69) is 10.5 Å². The number of amides is 2. The molecule has 2 amide bonds. The summed E-state index contributed by atoms with van der Waals surface area (Å²) in [4.78, 5) is 14.7. The Bertz CT molecular complexity index is 803. The molecule has 3 fully saturated rings. The number of nitrogens with one attached hydrogen (secondary N) is 1. The van der Waals surface area contributed by atoms with E-state index in [1.54, 1.807) is 13.8 Å². The Morgan fingerprint density at radius 1 is 1.19 bits per heavy atom. The number of aryl methyl sites for hydroxylation is 2. The average molecular weight is 398 g/mol. The molecule has 3 aliphatic heterocycles. The van der Waals surface area contributed by atoms with Crippen LogP contribution in [-0.4, -0.2) is 73.2 Å². The second-order valence-corrected chi connectivity index (χ2v) is 9.53. The van der Waals surface area contributed by atoms with E-state index in [9.17, 15) is 13.2 Å². The molecule has 1 N–H and O–H groups in total. The standard InChI is InChI=1S/C17H26N4O5S/c1-12-15(13(2)26-19-12)27(23,24)20-7-3-14(4-8-20)21-16(22)18-11-17(21)5-9-25-10-6-17/h14H,3-11H2,1-2H3,(H,18,22). The molecule has 1 aromatic rings. The van der Waals surface area contributed by atoms with Crippen LogP contribution in [0.4, 0.5) is 4.79 Å². The van der Waals surface area contributed by atoms with Crippen LogP contribution in [0.25, 0.3) is 0 Å². The van der Waals surface area contributed by atoms with Crippen molar-refractivity contribution in [1.82, 2.24) is 19.7 Å². The molecule has 4 heterocycles. The highest BCUT2D eigenvalue weighted by Gasteiger charge is 2.50. The molecule has 0 saturated carbocycles. The smallest absolute Gasteiger partial charge is 0.318 e. The fourth-order valence-electron chi connectivity index (χ4n) is 4.66. The van der Waals surface area contributed by atoms with E-state index in [4.69, 9.17) is 9.26 Å². The lowest BCUT2D eigenvalue weighted by Gasteiger charge is -2.46. The summed E-state index contributed by atoms with van der Waals surface area (Å²) in [5, 5.41) is 6.75. The van der Waals surface area contributed by atoms with Crippen LogP contribution < -0.4 is 5.32 Å². The number of piperidine rings is 1. The Labute approximate surface area is 159 Å². The van der Waals surface area contributed by atoms with Crippen LogP contribution in [0.1, 0.15) is 37.1 Å². The van der Waals surface area contributed by atoms with E-state index in [1.807, 2.05) is 4.90 Å². The zero-order chi connectivity index (χ0) is 19.2. The molecule has 4 rings (SSSR count). The minimum Gasteiger partial charge on any atom is -0.381 e. The number of rotatable bonds is 3. The van der Waals surface area contributed by atoms with Crippen molar-refractivity contribution in [3.8, 4) is 0 Å². The summed E-state index contributed by atoms with van der Waals surface area (Å²) in [7, 11) is -3.64. The first-order valence-electron chi connectivity index (χ1n) is 9.43. The van der Waals surface area contributed by atoms with Crippen LogP contribution in [-0.2, 0) is 14.8 Å². The molecule has 3 saturated heterocycles. The highest BCUT2D eigenvalue weighted by atomic mass is 32.2. The molecule has 0 bridgehead atoms. The lowest BCUT2D eigenvalue weighted by molar-refractivity contribution is -0.0121. The highest BCUT2D eigenvalue weighted by molar-refractivity contribution is 7.89. The summed E-state index contributed by atoms with van der Waals surface area (Å²) in [6, 6.07) is 0.00523. The average Bonchev–Trinajstić information content (AvgIpc) is 3.15. The number of hydrogen-bond donors (Lipinski definition) is 1. The van der Waals surface area contributed by atoms with E-state index in [0.29, 0.717) is 57.1 Å². The van der Waals surface area contributed by atoms with Crippen LogP contribution in [0, 0.1) is 13.8 Å². The first-order valence-corrected chi connectivity index (χ1v) is 10.9. The quantitative estimate of drug-likeness (QED) is 0.815. The molecule has 9 nitrogen and oxygen atoms in total. The lowest BCUT2D eigenvalue weighted by atomic mass is 9.87. The van der Waals surface area contributed by atoms with Gasteiger partial charge in [0.05, 0.1) is 5.54 Å². The maximum Gasteiger partial charge on any atom is 0.318 e. The summed E-state index contributed by atoms with van der Waals surface area (Å²) >= 11 is 0. The van der Waals surface area contributed by atoms with E-state index in [0.717, 1.165) is 12.8 Å². The zero-order valence-corrected chi connectivity index (χ0v) is 16.5. The van der Waals surface area contributed by atoms with Crippen molar-refractivity contribution >= 4 is 16.1 Å². The molecule has 1 spiro atoms. The van der Waals surface area contributed by atoms with Crippen molar-refractivity contribution in [3.05, 3.63) is 11.5 Å². The molecule has 3 aliphatic rings. The first kappa shape index (κ1) is 18.7. The van der Waals surface area contributed by atoms with Gasteiger partial charge >= 0.3 is 6.03 Å². The predicted octanol–water partition coefficient (Wildman–Crippen LogP) is 1.02. The Morgan fingerprint density at radius 2 is 1.85 bits per heavy atom. The van der Waals surface area contributed by atoms with E-state index in [1.165, 1.54) is 4.31 Å². The molecule has 0 aliphatic carbocycles. The van der Waals surface area contributed by atoms with Crippen molar-refractivity contribution in [2.75, 3.05) is 32.8 Å². The molecule has 0 atom stereocenters. The fraction of sp³-hybridized carbons (Fsp3) is 0.765. The van der Waals surface area contributed by atoms with Gasteiger partial charge < -0.3 is 19.5 Å². The molecular weight excluding hydrogens is 372 g/mol. The van der Waals surface area contributed by atoms with Gasteiger partial charge in [0.15, 0.2) is 5.76 Å². The van der Waals surface area contributed by atoms with Gasteiger partial charge in [-0.25, -0.2) is 13.2 Å². The molecule has 10 heteroatoms. The van der Waals surface area contributed by atoms with Gasteiger partial charge in [-0.3, -0.25) is 0 Å². The van der Waals surface area contributed by atoms with Gasteiger partial charge in [-0.2, -0.15) is 4.31 Å². The minimum atomic E-state index is -3.64. The van der Waals surface area contributed by atoms with Crippen molar-refractivity contribution in [2.24, 2.45) is 0 Å². The van der Waals surface area contributed by atoms with Crippen LogP contribution in [0.15, 0.2) is 9.42 Å². The van der Waals surface area contributed by atoms with Crippen LogP contribution in [0.2, 0.25) is 0 Å². The van der Waals surface area contributed by atoms with Crippen LogP contribution in [0.3, 0.4) is 0 Å². The third-order valence-corrected chi connectivity index (χ3v) is 8.22. The van der Waals surface area contributed by atoms with Crippen molar-refractivity contribution in [1.29, 1.82) is 0 Å². The number of hydrogen-bond acceptors (Lipinski definition) is 6. The summed E-state index contributed by atoms with van der Waals surface area (Å²) in [6.45, 7) is 5.98. The van der Waals surface area contributed by atoms with E-state index in [-0.39, 0.29) is 22.5 Å². The van der Waals surface area contributed by atoms with E-state index >= 15 is 0 Å². The number of aromatic nitrogens is 1. The molecule has 150 valence electrons. The largest absolute Gasteiger partial charge is 0.381 e. The molecule has 0 unspecified atom stereocenters. The fourth-order valence-corrected chi connectivity index (χ4v) is 6.42. The van der Waals surface area contributed by atoms with Gasteiger partial charge in [-0.05, 0) is 39.5 Å². The second-order valence-electron chi connectivity index (χ2n) is 7.65. The Kier molecular flexibility index (Phi) is 4.68. The Hall–Kier alpha value is -1.65. The van der Waals surface area contributed by atoms with Crippen LogP contribution >= 0.6 is 0 Å². The predicted molar refractivity (Wildman–Crippen MR) is 95.8 cm³/mol. The van der Waals surface area contributed by atoms with Gasteiger partial charge in [0.2, 0.25) is 10.0 Å².